The summed E-state index contributed by atoms with van der Waals surface area (Å²) in [5, 5.41) is 9.02. The number of guanidine groups is 1. The first-order valence-corrected chi connectivity index (χ1v) is 11.1. The molecule has 3 rings (SSSR count). The van der Waals surface area contributed by atoms with E-state index in [1.165, 1.54) is 10.4 Å². The third-order valence-electron chi connectivity index (χ3n) is 5.21. The molecule has 172 valence electrons. The van der Waals surface area contributed by atoms with E-state index in [1.807, 2.05) is 6.07 Å². The van der Waals surface area contributed by atoms with Crippen molar-refractivity contribution in [3.05, 3.63) is 46.2 Å². The van der Waals surface area contributed by atoms with Crippen molar-refractivity contribution in [3.63, 3.8) is 0 Å². The maximum Gasteiger partial charge on any atom is 0.191 e. The van der Waals surface area contributed by atoms with Gasteiger partial charge in [0.2, 0.25) is 0 Å². The van der Waals surface area contributed by atoms with Gasteiger partial charge in [0.1, 0.15) is 0 Å². The van der Waals surface area contributed by atoms with Crippen molar-refractivity contribution in [2.24, 2.45) is 4.99 Å². The van der Waals surface area contributed by atoms with Crippen LogP contribution in [-0.4, -0.2) is 71.5 Å². The van der Waals surface area contributed by atoms with Gasteiger partial charge in [0.25, 0.3) is 0 Å². The molecule has 1 aromatic heterocycles. The molecule has 1 atom stereocenters. The fraction of sp³-hybridized carbons (Fsp3) is 0.500. The maximum absolute atomic E-state index is 5.56. The van der Waals surface area contributed by atoms with Gasteiger partial charge in [-0.1, -0.05) is 12.1 Å². The lowest BCUT2D eigenvalue weighted by Crippen LogP contribution is -2.46. The Morgan fingerprint density at radius 1 is 1.16 bits per heavy atom. The second-order valence-electron chi connectivity index (χ2n) is 6.99. The average molecular weight is 561 g/mol. The molecule has 2 aromatic rings. The first kappa shape index (κ1) is 25.7. The van der Waals surface area contributed by atoms with Crippen LogP contribution in [0.4, 0.5) is 0 Å². The summed E-state index contributed by atoms with van der Waals surface area (Å²) in [6, 6.07) is 10.6. The molecule has 0 spiro atoms. The van der Waals surface area contributed by atoms with Crippen molar-refractivity contribution in [2.45, 2.75) is 12.5 Å². The minimum Gasteiger partial charge on any atom is -0.493 e. The van der Waals surface area contributed by atoms with E-state index in [4.69, 9.17) is 14.2 Å². The lowest BCUT2D eigenvalue weighted by Gasteiger charge is -2.35. The SMILES string of the molecule is CN=C(NCCc1cccs1)NCC(c1ccc(OC)c(OC)c1)N1CCOCC1.I. The van der Waals surface area contributed by atoms with Gasteiger partial charge in [0.05, 0.1) is 33.5 Å². The highest BCUT2D eigenvalue weighted by molar-refractivity contribution is 14.0. The van der Waals surface area contributed by atoms with Crippen molar-refractivity contribution in [3.8, 4) is 11.5 Å². The second-order valence-corrected chi connectivity index (χ2v) is 8.02. The van der Waals surface area contributed by atoms with Gasteiger partial charge in [0.15, 0.2) is 17.5 Å². The van der Waals surface area contributed by atoms with E-state index in [0.29, 0.717) is 0 Å². The summed E-state index contributed by atoms with van der Waals surface area (Å²) in [5.41, 5.74) is 1.18. The molecule has 0 amide bonds. The number of aliphatic imine (C=N–C) groups is 1. The molecule has 1 aliphatic heterocycles. The predicted octanol–water partition coefficient (Wildman–Crippen LogP) is 3.16. The minimum absolute atomic E-state index is 0. The number of benzene rings is 1. The van der Waals surface area contributed by atoms with Crippen molar-refractivity contribution >= 4 is 41.3 Å². The standard InChI is InChI=1S/C22H32N4O3S.HI/c1-23-22(24-9-8-18-5-4-14-30-18)25-16-19(26-10-12-29-13-11-26)17-6-7-20(27-2)21(15-17)28-3;/h4-7,14-15,19H,8-13,16H2,1-3H3,(H2,23,24,25);1H. The summed E-state index contributed by atoms with van der Waals surface area (Å²) in [4.78, 5) is 8.20. The molecular formula is C22H33IN4O3S. The van der Waals surface area contributed by atoms with E-state index in [-0.39, 0.29) is 30.0 Å². The normalized spacial score (nSPS) is 15.6. The molecular weight excluding hydrogens is 527 g/mol. The Bertz CT molecular complexity index is 798. The fourth-order valence-corrected chi connectivity index (χ4v) is 4.29. The van der Waals surface area contributed by atoms with Crippen LogP contribution in [-0.2, 0) is 11.2 Å². The molecule has 9 heteroatoms. The van der Waals surface area contributed by atoms with Crippen LogP contribution in [0.5, 0.6) is 11.5 Å². The molecule has 1 unspecified atom stereocenters. The zero-order valence-electron chi connectivity index (χ0n) is 18.4. The highest BCUT2D eigenvalue weighted by Crippen LogP contribution is 2.32. The van der Waals surface area contributed by atoms with Crippen LogP contribution in [0.2, 0.25) is 0 Å². The largest absolute Gasteiger partial charge is 0.493 e. The van der Waals surface area contributed by atoms with Crippen LogP contribution in [0.25, 0.3) is 0 Å². The average Bonchev–Trinajstić information content (AvgIpc) is 3.32. The fourth-order valence-electron chi connectivity index (χ4n) is 3.58. The van der Waals surface area contributed by atoms with Gasteiger partial charge in [-0.25, -0.2) is 0 Å². The van der Waals surface area contributed by atoms with Crippen LogP contribution >= 0.6 is 35.3 Å². The summed E-state index contributed by atoms with van der Waals surface area (Å²) >= 11 is 1.78. The van der Waals surface area contributed by atoms with Gasteiger partial charge in [-0.15, -0.1) is 35.3 Å². The van der Waals surface area contributed by atoms with Gasteiger partial charge >= 0.3 is 0 Å². The Labute approximate surface area is 206 Å². The van der Waals surface area contributed by atoms with E-state index < -0.39 is 0 Å². The van der Waals surface area contributed by atoms with Crippen LogP contribution in [0.1, 0.15) is 16.5 Å². The third-order valence-corrected chi connectivity index (χ3v) is 6.15. The highest BCUT2D eigenvalue weighted by Gasteiger charge is 2.24. The number of halogens is 1. The molecule has 2 heterocycles. The Hall–Kier alpha value is -1.56. The summed E-state index contributed by atoms with van der Waals surface area (Å²) < 4.78 is 16.5. The molecule has 1 aromatic carbocycles. The zero-order valence-corrected chi connectivity index (χ0v) is 21.6. The van der Waals surface area contributed by atoms with Crippen LogP contribution in [0, 0.1) is 0 Å². The number of rotatable bonds is 9. The zero-order chi connectivity index (χ0) is 21.2. The lowest BCUT2D eigenvalue weighted by atomic mass is 10.0. The predicted molar refractivity (Wildman–Crippen MR) is 137 cm³/mol. The summed E-state index contributed by atoms with van der Waals surface area (Å²) in [7, 11) is 5.13. The molecule has 0 radical (unpaired) electrons. The van der Waals surface area contributed by atoms with Crippen molar-refractivity contribution < 1.29 is 14.2 Å². The first-order valence-electron chi connectivity index (χ1n) is 10.3. The topological polar surface area (TPSA) is 67.4 Å². The minimum atomic E-state index is 0. The quantitative estimate of drug-likeness (QED) is 0.279. The molecule has 0 bridgehead atoms. The van der Waals surface area contributed by atoms with Crippen LogP contribution in [0.3, 0.4) is 0 Å². The van der Waals surface area contributed by atoms with Gasteiger partial charge in [-0.3, -0.25) is 9.89 Å². The Morgan fingerprint density at radius 2 is 1.94 bits per heavy atom. The third kappa shape index (κ3) is 7.51. The van der Waals surface area contributed by atoms with Crippen LogP contribution in [0.15, 0.2) is 40.7 Å². The van der Waals surface area contributed by atoms with Gasteiger partial charge in [0, 0.05) is 38.1 Å². The summed E-state index contributed by atoms with van der Waals surface area (Å²) in [6.45, 7) is 4.86. The molecule has 1 saturated heterocycles. The van der Waals surface area contributed by atoms with Gasteiger partial charge in [-0.05, 0) is 35.6 Å². The highest BCUT2D eigenvalue weighted by atomic mass is 127. The number of ether oxygens (including phenoxy) is 3. The number of methoxy groups -OCH3 is 2. The Balaban J connectivity index is 0.00000341. The van der Waals surface area contributed by atoms with Crippen molar-refractivity contribution in [2.75, 3.05) is 60.7 Å². The smallest absolute Gasteiger partial charge is 0.191 e. The van der Waals surface area contributed by atoms with Crippen molar-refractivity contribution in [1.82, 2.24) is 15.5 Å². The first-order chi connectivity index (χ1) is 14.7. The lowest BCUT2D eigenvalue weighted by molar-refractivity contribution is 0.0169. The Morgan fingerprint density at radius 3 is 2.58 bits per heavy atom. The van der Waals surface area contributed by atoms with E-state index in [0.717, 1.165) is 63.3 Å². The van der Waals surface area contributed by atoms with Gasteiger partial charge < -0.3 is 24.8 Å². The molecule has 31 heavy (non-hydrogen) atoms. The summed E-state index contributed by atoms with van der Waals surface area (Å²) in [5.74, 6) is 2.29. The maximum atomic E-state index is 5.56. The van der Waals surface area contributed by atoms with E-state index >= 15 is 0 Å². The number of nitrogens with one attached hydrogen (secondary N) is 2. The van der Waals surface area contributed by atoms with Crippen molar-refractivity contribution in [1.29, 1.82) is 0 Å². The van der Waals surface area contributed by atoms with Crippen LogP contribution < -0.4 is 20.1 Å². The van der Waals surface area contributed by atoms with E-state index in [2.05, 4.69) is 50.2 Å². The van der Waals surface area contributed by atoms with E-state index in [1.54, 1.807) is 32.6 Å². The monoisotopic (exact) mass is 560 g/mol. The molecule has 2 N–H and O–H groups in total. The molecule has 0 saturated carbocycles. The summed E-state index contributed by atoms with van der Waals surface area (Å²) in [6.07, 6.45) is 0.987. The molecule has 7 nitrogen and oxygen atoms in total. The van der Waals surface area contributed by atoms with E-state index in [9.17, 15) is 0 Å². The molecule has 1 aliphatic rings. The number of nitrogens with zero attached hydrogens (tertiary/aromatic N) is 2. The second kappa shape index (κ2) is 13.8. The molecule has 0 aliphatic carbocycles. The number of thiophene rings is 1. The Kier molecular flexibility index (Phi) is 11.4. The number of morpholine rings is 1. The number of hydrogen-bond acceptors (Lipinski definition) is 6. The van der Waals surface area contributed by atoms with Gasteiger partial charge in [-0.2, -0.15) is 0 Å². The molecule has 1 fully saturated rings. The number of hydrogen-bond donors (Lipinski definition) is 2.